The zero-order valence-corrected chi connectivity index (χ0v) is 30.5. The molecule has 4 heteroatoms. The van der Waals surface area contributed by atoms with E-state index in [4.69, 9.17) is 15.0 Å². The maximum atomic E-state index is 5.33. The number of nitrogens with zero attached hydrogens (tertiary/aromatic N) is 3. The highest BCUT2D eigenvalue weighted by molar-refractivity contribution is 7.26. The highest BCUT2D eigenvalue weighted by Gasteiger charge is 2.20. The monoisotopic (exact) mass is 717 g/mol. The molecule has 9 aromatic carbocycles. The number of thiophene rings is 1. The van der Waals surface area contributed by atoms with Crippen LogP contribution in [-0.4, -0.2) is 15.0 Å². The van der Waals surface area contributed by atoms with Gasteiger partial charge in [-0.25, -0.2) is 15.0 Å². The predicted molar refractivity (Wildman–Crippen MR) is 232 cm³/mol. The Hall–Kier alpha value is -7.01. The fourth-order valence-electron chi connectivity index (χ4n) is 8.04. The largest absolute Gasteiger partial charge is 0.208 e. The van der Waals surface area contributed by atoms with Crippen LogP contribution in [0.2, 0.25) is 0 Å². The Bertz CT molecular complexity index is 3270. The quantitative estimate of drug-likeness (QED) is 0.166. The average Bonchev–Trinajstić information content (AvgIpc) is 3.65. The van der Waals surface area contributed by atoms with Crippen LogP contribution in [0.25, 0.3) is 109 Å². The molecule has 11 aromatic rings. The maximum absolute atomic E-state index is 5.33. The summed E-state index contributed by atoms with van der Waals surface area (Å²) in [5, 5.41) is 9.79. The third kappa shape index (κ3) is 5.38. The van der Waals surface area contributed by atoms with E-state index in [1.807, 2.05) is 0 Å². The van der Waals surface area contributed by atoms with Gasteiger partial charge in [0.05, 0.1) is 0 Å². The number of hydrogen-bond donors (Lipinski definition) is 0. The molecule has 0 atom stereocenters. The molecular formula is C51H31N3S. The van der Waals surface area contributed by atoms with E-state index in [-0.39, 0.29) is 0 Å². The van der Waals surface area contributed by atoms with Crippen LogP contribution in [0.1, 0.15) is 0 Å². The molecule has 0 bridgehead atoms. The molecule has 0 saturated heterocycles. The Labute approximate surface area is 321 Å². The highest BCUT2D eigenvalue weighted by atomic mass is 32.1. The Morgan fingerprint density at radius 2 is 0.855 bits per heavy atom. The van der Waals surface area contributed by atoms with E-state index >= 15 is 0 Å². The number of rotatable bonds is 5. The Balaban J connectivity index is 1.12. The molecule has 0 unspecified atom stereocenters. The van der Waals surface area contributed by atoms with Crippen molar-refractivity contribution in [2.24, 2.45) is 0 Å². The second kappa shape index (κ2) is 12.8. The Kier molecular flexibility index (Phi) is 7.35. The summed E-state index contributed by atoms with van der Waals surface area (Å²) in [6.07, 6.45) is 0. The van der Waals surface area contributed by atoms with Gasteiger partial charge in [0.15, 0.2) is 17.5 Å². The first kappa shape index (κ1) is 31.5. The number of benzene rings is 9. The minimum atomic E-state index is 0.640. The molecule has 2 aromatic heterocycles. The first-order valence-electron chi connectivity index (χ1n) is 18.5. The standard InChI is InChI=1S/C51H31N3S/c1-2-13-35-30-36(29-26-32(35)12-1)33-24-27-34(28-25-33)49-52-50(54-51(53-49)45-22-11-21-43-42-19-9-10-23-47(42)55-48(43)45)44-20-8-7-18-41(44)46-31-37-14-3-4-15-38(37)39-16-5-6-17-40(39)46/h1-31H. The van der Waals surface area contributed by atoms with Crippen molar-refractivity contribution < 1.29 is 0 Å². The van der Waals surface area contributed by atoms with Gasteiger partial charge in [0.1, 0.15) is 0 Å². The molecule has 256 valence electrons. The van der Waals surface area contributed by atoms with Crippen molar-refractivity contribution in [3.63, 3.8) is 0 Å². The number of aromatic nitrogens is 3. The van der Waals surface area contributed by atoms with E-state index in [0.717, 1.165) is 33.4 Å². The van der Waals surface area contributed by atoms with Gasteiger partial charge in [-0.3, -0.25) is 0 Å². The zero-order valence-electron chi connectivity index (χ0n) is 29.6. The van der Waals surface area contributed by atoms with Crippen molar-refractivity contribution >= 4 is 63.8 Å². The lowest BCUT2D eigenvalue weighted by Gasteiger charge is -2.15. The van der Waals surface area contributed by atoms with Crippen molar-refractivity contribution in [2.45, 2.75) is 0 Å². The molecule has 55 heavy (non-hydrogen) atoms. The minimum absolute atomic E-state index is 0.640. The summed E-state index contributed by atoms with van der Waals surface area (Å²) < 4.78 is 2.42. The normalized spacial score (nSPS) is 11.6. The molecule has 0 fully saturated rings. The first-order chi connectivity index (χ1) is 27.2. The molecule has 0 N–H and O–H groups in total. The lowest BCUT2D eigenvalue weighted by Crippen LogP contribution is -2.01. The summed E-state index contributed by atoms with van der Waals surface area (Å²) >= 11 is 1.79. The molecule has 0 aliphatic carbocycles. The van der Waals surface area contributed by atoms with Crippen LogP contribution in [0.3, 0.4) is 0 Å². The topological polar surface area (TPSA) is 38.7 Å². The maximum Gasteiger partial charge on any atom is 0.165 e. The van der Waals surface area contributed by atoms with Crippen LogP contribution < -0.4 is 0 Å². The van der Waals surface area contributed by atoms with Crippen LogP contribution in [0, 0.1) is 0 Å². The van der Waals surface area contributed by atoms with Crippen LogP contribution in [0.15, 0.2) is 188 Å². The fraction of sp³-hybridized carbons (Fsp3) is 0. The third-order valence-corrected chi connectivity index (χ3v) is 12.0. The molecule has 0 amide bonds. The van der Waals surface area contributed by atoms with Crippen LogP contribution >= 0.6 is 11.3 Å². The van der Waals surface area contributed by atoms with E-state index in [1.54, 1.807) is 11.3 Å². The van der Waals surface area contributed by atoms with Crippen LogP contribution in [0.4, 0.5) is 0 Å². The minimum Gasteiger partial charge on any atom is -0.208 e. The average molecular weight is 718 g/mol. The Morgan fingerprint density at radius 1 is 0.291 bits per heavy atom. The van der Waals surface area contributed by atoms with Gasteiger partial charge in [-0.2, -0.15) is 0 Å². The molecular weight excluding hydrogens is 687 g/mol. The second-order valence-electron chi connectivity index (χ2n) is 14.0. The van der Waals surface area contributed by atoms with Gasteiger partial charge in [-0.1, -0.05) is 164 Å². The van der Waals surface area contributed by atoms with E-state index in [1.165, 1.54) is 58.1 Å². The summed E-state index contributed by atoms with van der Waals surface area (Å²) in [6.45, 7) is 0. The van der Waals surface area contributed by atoms with E-state index < -0.39 is 0 Å². The van der Waals surface area contributed by atoms with Gasteiger partial charge >= 0.3 is 0 Å². The van der Waals surface area contributed by atoms with Gasteiger partial charge in [-0.05, 0) is 78.8 Å². The lowest BCUT2D eigenvalue weighted by molar-refractivity contribution is 1.08. The lowest BCUT2D eigenvalue weighted by atomic mass is 9.91. The second-order valence-corrected chi connectivity index (χ2v) is 15.0. The summed E-state index contributed by atoms with van der Waals surface area (Å²) in [5.74, 6) is 1.94. The van der Waals surface area contributed by atoms with Gasteiger partial charge in [0.2, 0.25) is 0 Å². The van der Waals surface area contributed by atoms with Gasteiger partial charge in [0.25, 0.3) is 0 Å². The van der Waals surface area contributed by atoms with E-state index in [0.29, 0.717) is 17.5 Å². The summed E-state index contributed by atoms with van der Waals surface area (Å²) in [7, 11) is 0. The van der Waals surface area contributed by atoms with Crippen molar-refractivity contribution in [1.82, 2.24) is 15.0 Å². The van der Waals surface area contributed by atoms with Gasteiger partial charge < -0.3 is 0 Å². The third-order valence-electron chi connectivity index (χ3n) is 10.7. The summed E-state index contributed by atoms with van der Waals surface area (Å²) in [5.41, 5.74) is 7.46. The smallest absolute Gasteiger partial charge is 0.165 e. The fourth-order valence-corrected chi connectivity index (χ4v) is 9.25. The van der Waals surface area contributed by atoms with E-state index in [2.05, 4.69) is 188 Å². The Morgan fingerprint density at radius 3 is 1.69 bits per heavy atom. The molecule has 0 aliphatic heterocycles. The molecule has 2 heterocycles. The van der Waals surface area contributed by atoms with Crippen molar-refractivity contribution in [2.75, 3.05) is 0 Å². The highest BCUT2D eigenvalue weighted by Crippen LogP contribution is 2.42. The van der Waals surface area contributed by atoms with Gasteiger partial charge in [-0.15, -0.1) is 11.3 Å². The predicted octanol–water partition coefficient (Wildman–Crippen LogP) is 14.0. The van der Waals surface area contributed by atoms with Crippen molar-refractivity contribution in [3.8, 4) is 56.4 Å². The van der Waals surface area contributed by atoms with Crippen LogP contribution in [-0.2, 0) is 0 Å². The molecule has 0 spiro atoms. The number of fused-ring (bicyclic) bond motifs is 7. The summed E-state index contributed by atoms with van der Waals surface area (Å²) in [4.78, 5) is 15.8. The van der Waals surface area contributed by atoms with Crippen molar-refractivity contribution in [1.29, 1.82) is 0 Å². The zero-order chi connectivity index (χ0) is 36.3. The van der Waals surface area contributed by atoms with E-state index in [9.17, 15) is 0 Å². The molecule has 0 saturated carbocycles. The van der Waals surface area contributed by atoms with Crippen LogP contribution in [0.5, 0.6) is 0 Å². The van der Waals surface area contributed by atoms with Crippen molar-refractivity contribution in [3.05, 3.63) is 188 Å². The first-order valence-corrected chi connectivity index (χ1v) is 19.3. The molecule has 0 aliphatic rings. The van der Waals surface area contributed by atoms with Gasteiger partial charge in [0, 0.05) is 36.9 Å². The molecule has 0 radical (unpaired) electrons. The molecule has 11 rings (SSSR count). The molecule has 3 nitrogen and oxygen atoms in total. The number of hydrogen-bond acceptors (Lipinski definition) is 4. The SMILES string of the molecule is c1ccc(-c2cc3ccccc3c3ccccc23)c(-c2nc(-c3ccc(-c4ccc5ccccc5c4)cc3)nc(-c3cccc4c3sc3ccccc34)n2)c1. The summed E-state index contributed by atoms with van der Waals surface area (Å²) in [6, 6.07) is 66.9.